The molecule has 0 spiro atoms. The number of hydrogen-bond acceptors (Lipinski definition) is 4. The average molecular weight is 286 g/mol. The number of benzene rings is 2. The van der Waals surface area contributed by atoms with E-state index in [-0.39, 0.29) is 0 Å². The molecule has 0 radical (unpaired) electrons. The summed E-state index contributed by atoms with van der Waals surface area (Å²) in [4.78, 5) is 0. The van der Waals surface area contributed by atoms with Gasteiger partial charge in [-0.3, -0.25) is 0 Å². The Labute approximate surface area is 121 Å². The Kier molecular flexibility index (Phi) is 3.35. The maximum absolute atomic E-state index is 5.98. The lowest BCUT2D eigenvalue weighted by molar-refractivity contribution is 0.653. The van der Waals surface area contributed by atoms with Gasteiger partial charge in [-0.05, 0) is 52.4 Å². The lowest BCUT2D eigenvalue weighted by Crippen LogP contribution is -2.04. The Hall–Kier alpha value is -2.40. The van der Waals surface area contributed by atoms with Crippen molar-refractivity contribution in [1.29, 1.82) is 0 Å². The van der Waals surface area contributed by atoms with E-state index < -0.39 is 0 Å². The monoisotopic (exact) mass is 285 g/mol. The lowest BCUT2D eigenvalue weighted by Gasteiger charge is -2.05. The molecule has 2 aromatic carbocycles. The number of nitrogen functional groups attached to an aromatic ring is 1. The third kappa shape index (κ3) is 2.62. The third-order valence-electron chi connectivity index (χ3n) is 2.92. The quantitative estimate of drug-likeness (QED) is 0.751. The van der Waals surface area contributed by atoms with Crippen molar-refractivity contribution in [3.63, 3.8) is 0 Å². The zero-order valence-electron chi connectivity index (χ0n) is 10.6. The van der Waals surface area contributed by atoms with Gasteiger partial charge in [0.05, 0.1) is 6.54 Å². The van der Waals surface area contributed by atoms with Gasteiger partial charge in [0.1, 0.15) is 0 Å². The van der Waals surface area contributed by atoms with Gasteiger partial charge in [0.15, 0.2) is 5.82 Å². The van der Waals surface area contributed by atoms with E-state index >= 15 is 0 Å². The molecule has 0 atom stereocenters. The molecule has 2 N–H and O–H groups in total. The molecule has 0 amide bonds. The van der Waals surface area contributed by atoms with E-state index in [0.29, 0.717) is 23.1 Å². The summed E-state index contributed by atoms with van der Waals surface area (Å²) in [5, 5.41) is 12.5. The number of hydrogen-bond donors (Lipinski definition) is 1. The van der Waals surface area contributed by atoms with Crippen LogP contribution in [-0.2, 0) is 6.54 Å². The zero-order chi connectivity index (χ0) is 13.9. The van der Waals surface area contributed by atoms with Gasteiger partial charge < -0.3 is 5.73 Å². The number of aromatic nitrogens is 4. The molecule has 5 nitrogen and oxygen atoms in total. The number of rotatable bonds is 3. The van der Waals surface area contributed by atoms with Gasteiger partial charge in [-0.25, -0.2) is 4.68 Å². The molecular formula is C14H12ClN5. The smallest absolute Gasteiger partial charge is 0.182 e. The van der Waals surface area contributed by atoms with Gasteiger partial charge >= 0.3 is 0 Å². The van der Waals surface area contributed by atoms with E-state index in [0.717, 1.165) is 11.1 Å². The summed E-state index contributed by atoms with van der Waals surface area (Å²) in [5.74, 6) is 0.699. The van der Waals surface area contributed by atoms with Crippen molar-refractivity contribution >= 4 is 17.3 Å². The van der Waals surface area contributed by atoms with Crippen molar-refractivity contribution in [1.82, 2.24) is 20.2 Å². The van der Waals surface area contributed by atoms with Gasteiger partial charge in [0, 0.05) is 16.3 Å². The normalized spacial score (nSPS) is 10.7. The molecule has 0 fully saturated rings. The minimum atomic E-state index is 0.563. The summed E-state index contributed by atoms with van der Waals surface area (Å²) in [6, 6.07) is 15.1. The minimum absolute atomic E-state index is 0.563. The van der Waals surface area contributed by atoms with Gasteiger partial charge in [-0.2, -0.15) is 0 Å². The molecule has 0 aliphatic rings. The van der Waals surface area contributed by atoms with Crippen LogP contribution in [0, 0.1) is 0 Å². The van der Waals surface area contributed by atoms with Crippen molar-refractivity contribution in [2.24, 2.45) is 0 Å². The van der Waals surface area contributed by atoms with Crippen molar-refractivity contribution in [2.75, 3.05) is 5.73 Å². The van der Waals surface area contributed by atoms with Crippen LogP contribution in [0.2, 0.25) is 5.02 Å². The first-order valence-electron chi connectivity index (χ1n) is 6.09. The molecule has 1 heterocycles. The second-order valence-electron chi connectivity index (χ2n) is 4.41. The fourth-order valence-corrected chi connectivity index (χ4v) is 2.17. The van der Waals surface area contributed by atoms with Crippen LogP contribution < -0.4 is 5.73 Å². The maximum Gasteiger partial charge on any atom is 0.182 e. The van der Waals surface area contributed by atoms with Crippen LogP contribution in [0.3, 0.4) is 0 Å². The predicted octanol–water partition coefficient (Wildman–Crippen LogP) is 2.62. The summed E-state index contributed by atoms with van der Waals surface area (Å²) < 4.78 is 1.73. The Bertz CT molecular complexity index is 720. The SMILES string of the molecule is Nc1ccc(-c2nnnn2Cc2cccc(Cl)c2)cc1. The van der Waals surface area contributed by atoms with E-state index in [1.165, 1.54) is 0 Å². The van der Waals surface area contributed by atoms with Crippen molar-refractivity contribution in [3.8, 4) is 11.4 Å². The second-order valence-corrected chi connectivity index (χ2v) is 4.85. The molecule has 0 saturated carbocycles. The largest absolute Gasteiger partial charge is 0.399 e. The Morgan fingerprint density at radius 1 is 1.10 bits per heavy atom. The van der Waals surface area contributed by atoms with Crippen LogP contribution in [0.15, 0.2) is 48.5 Å². The molecule has 0 aliphatic carbocycles. The molecule has 1 aromatic heterocycles. The highest BCUT2D eigenvalue weighted by atomic mass is 35.5. The first-order chi connectivity index (χ1) is 9.72. The standard InChI is InChI=1S/C14H12ClN5/c15-12-3-1-2-10(8-12)9-20-14(17-18-19-20)11-4-6-13(16)7-5-11/h1-8H,9,16H2. The van der Waals surface area contributed by atoms with E-state index in [9.17, 15) is 0 Å². The summed E-state index contributed by atoms with van der Waals surface area (Å²) >= 11 is 5.98. The van der Waals surface area contributed by atoms with Crippen LogP contribution in [0.1, 0.15) is 5.56 Å². The van der Waals surface area contributed by atoms with Crippen LogP contribution in [0.5, 0.6) is 0 Å². The number of nitrogens with zero attached hydrogens (tertiary/aromatic N) is 4. The Morgan fingerprint density at radius 3 is 2.65 bits per heavy atom. The van der Waals surface area contributed by atoms with E-state index in [1.807, 2.05) is 48.5 Å². The predicted molar refractivity (Wildman–Crippen MR) is 78.2 cm³/mol. The van der Waals surface area contributed by atoms with Crippen molar-refractivity contribution in [2.45, 2.75) is 6.54 Å². The molecule has 0 bridgehead atoms. The second kappa shape index (κ2) is 5.30. The number of anilines is 1. The van der Waals surface area contributed by atoms with Crippen LogP contribution in [0.25, 0.3) is 11.4 Å². The fraction of sp³-hybridized carbons (Fsp3) is 0.0714. The summed E-state index contributed by atoms with van der Waals surface area (Å²) in [7, 11) is 0. The van der Waals surface area contributed by atoms with Crippen LogP contribution in [-0.4, -0.2) is 20.2 Å². The Balaban J connectivity index is 1.92. The first kappa shape index (κ1) is 12.6. The van der Waals surface area contributed by atoms with Crippen LogP contribution >= 0.6 is 11.6 Å². The summed E-state index contributed by atoms with van der Waals surface area (Å²) in [6.45, 7) is 0.563. The van der Waals surface area contributed by atoms with Gasteiger partial charge in [0.2, 0.25) is 0 Å². The minimum Gasteiger partial charge on any atom is -0.399 e. The van der Waals surface area contributed by atoms with Gasteiger partial charge in [0.25, 0.3) is 0 Å². The summed E-state index contributed by atoms with van der Waals surface area (Å²) in [5.41, 5.74) is 8.36. The highest BCUT2D eigenvalue weighted by Gasteiger charge is 2.09. The first-order valence-corrected chi connectivity index (χ1v) is 6.47. The molecule has 0 saturated heterocycles. The molecule has 0 aliphatic heterocycles. The number of tetrazole rings is 1. The highest BCUT2D eigenvalue weighted by molar-refractivity contribution is 6.30. The average Bonchev–Trinajstić information content (AvgIpc) is 2.88. The molecular weight excluding hydrogens is 274 g/mol. The van der Waals surface area contributed by atoms with Crippen molar-refractivity contribution in [3.05, 3.63) is 59.1 Å². The van der Waals surface area contributed by atoms with E-state index in [2.05, 4.69) is 15.5 Å². The highest BCUT2D eigenvalue weighted by Crippen LogP contribution is 2.19. The number of nitrogens with two attached hydrogens (primary N) is 1. The molecule has 3 aromatic rings. The summed E-state index contributed by atoms with van der Waals surface area (Å²) in [6.07, 6.45) is 0. The van der Waals surface area contributed by atoms with Gasteiger partial charge in [-0.1, -0.05) is 23.7 Å². The molecule has 6 heteroatoms. The van der Waals surface area contributed by atoms with Crippen molar-refractivity contribution < 1.29 is 0 Å². The van der Waals surface area contributed by atoms with E-state index in [4.69, 9.17) is 17.3 Å². The fourth-order valence-electron chi connectivity index (χ4n) is 1.96. The topological polar surface area (TPSA) is 69.6 Å². The molecule has 3 rings (SSSR count). The molecule has 0 unspecified atom stereocenters. The van der Waals surface area contributed by atoms with Gasteiger partial charge in [-0.15, -0.1) is 5.10 Å². The number of halogens is 1. The maximum atomic E-state index is 5.98. The molecule has 100 valence electrons. The Morgan fingerprint density at radius 2 is 1.90 bits per heavy atom. The molecule has 20 heavy (non-hydrogen) atoms. The zero-order valence-corrected chi connectivity index (χ0v) is 11.3. The van der Waals surface area contributed by atoms with Crippen LogP contribution in [0.4, 0.5) is 5.69 Å². The van der Waals surface area contributed by atoms with E-state index in [1.54, 1.807) is 4.68 Å². The lowest BCUT2D eigenvalue weighted by atomic mass is 10.2. The third-order valence-corrected chi connectivity index (χ3v) is 3.16.